The third-order valence-corrected chi connectivity index (χ3v) is 3.92. The highest BCUT2D eigenvalue weighted by Gasteiger charge is 2.19. The maximum absolute atomic E-state index is 9.53. The summed E-state index contributed by atoms with van der Waals surface area (Å²) in [4.78, 5) is 0. The highest BCUT2D eigenvalue weighted by atomic mass is 16.5. The Hall–Kier alpha value is -1.22. The van der Waals surface area contributed by atoms with Crippen LogP contribution in [0.3, 0.4) is 0 Å². The van der Waals surface area contributed by atoms with E-state index in [-0.39, 0.29) is 6.10 Å². The molecule has 0 radical (unpaired) electrons. The normalized spacial score (nSPS) is 23.4. The Morgan fingerprint density at radius 1 is 1.21 bits per heavy atom. The van der Waals surface area contributed by atoms with Gasteiger partial charge in [0.1, 0.15) is 5.75 Å². The van der Waals surface area contributed by atoms with Crippen molar-refractivity contribution in [2.24, 2.45) is 0 Å². The van der Waals surface area contributed by atoms with Crippen molar-refractivity contribution >= 4 is 5.69 Å². The summed E-state index contributed by atoms with van der Waals surface area (Å²) in [6, 6.07) is 6.79. The van der Waals surface area contributed by atoms with Gasteiger partial charge < -0.3 is 15.2 Å². The van der Waals surface area contributed by atoms with Gasteiger partial charge in [0.25, 0.3) is 0 Å². The fourth-order valence-electron chi connectivity index (χ4n) is 2.73. The van der Waals surface area contributed by atoms with Crippen LogP contribution in [-0.2, 0) is 0 Å². The standard InChI is InChI=1S/C16H25NO2/c1-11(2)15-10-13(6-9-16(15)19-3)17-12-4-7-14(18)8-5-12/h6,9-12,14,17-18H,4-5,7-8H2,1-3H3. The molecule has 0 unspecified atom stereocenters. The molecule has 0 aliphatic heterocycles. The van der Waals surface area contributed by atoms with Gasteiger partial charge in [-0.3, -0.25) is 0 Å². The van der Waals surface area contributed by atoms with Gasteiger partial charge in [0.15, 0.2) is 0 Å². The fourth-order valence-corrected chi connectivity index (χ4v) is 2.73. The molecule has 2 N–H and O–H groups in total. The number of hydrogen-bond donors (Lipinski definition) is 2. The van der Waals surface area contributed by atoms with Crippen molar-refractivity contribution in [1.82, 2.24) is 0 Å². The minimum Gasteiger partial charge on any atom is -0.496 e. The molecule has 0 amide bonds. The Morgan fingerprint density at radius 3 is 2.47 bits per heavy atom. The predicted octanol–water partition coefficient (Wildman–Crippen LogP) is 3.53. The van der Waals surface area contributed by atoms with Gasteiger partial charge in [0.05, 0.1) is 13.2 Å². The molecule has 0 aromatic heterocycles. The van der Waals surface area contributed by atoms with Crippen LogP contribution >= 0.6 is 0 Å². The Morgan fingerprint density at radius 2 is 1.89 bits per heavy atom. The van der Waals surface area contributed by atoms with Crippen molar-refractivity contribution in [1.29, 1.82) is 0 Å². The molecule has 3 heteroatoms. The lowest BCUT2D eigenvalue weighted by Gasteiger charge is -2.27. The van der Waals surface area contributed by atoms with Crippen LogP contribution in [0.15, 0.2) is 18.2 Å². The monoisotopic (exact) mass is 263 g/mol. The van der Waals surface area contributed by atoms with E-state index in [1.807, 2.05) is 6.07 Å². The third kappa shape index (κ3) is 3.63. The molecule has 0 bridgehead atoms. The molecule has 3 nitrogen and oxygen atoms in total. The van der Waals surface area contributed by atoms with Crippen LogP contribution in [0, 0.1) is 0 Å². The van der Waals surface area contributed by atoms with Crippen LogP contribution in [0.2, 0.25) is 0 Å². The first-order valence-corrected chi connectivity index (χ1v) is 7.22. The Labute approximate surface area is 116 Å². The Kier molecular flexibility index (Phi) is 4.70. The van der Waals surface area contributed by atoms with Crippen molar-refractivity contribution < 1.29 is 9.84 Å². The van der Waals surface area contributed by atoms with Crippen molar-refractivity contribution in [3.8, 4) is 5.75 Å². The molecule has 1 saturated carbocycles. The number of aliphatic hydroxyl groups is 1. The maximum atomic E-state index is 9.53. The van der Waals surface area contributed by atoms with Gasteiger partial charge >= 0.3 is 0 Å². The zero-order chi connectivity index (χ0) is 13.8. The zero-order valence-corrected chi connectivity index (χ0v) is 12.1. The summed E-state index contributed by atoms with van der Waals surface area (Å²) in [5.74, 6) is 1.41. The van der Waals surface area contributed by atoms with Gasteiger partial charge in [0.2, 0.25) is 0 Å². The molecule has 1 aromatic carbocycles. The summed E-state index contributed by atoms with van der Waals surface area (Å²) >= 11 is 0. The average Bonchev–Trinajstić information content (AvgIpc) is 2.41. The average molecular weight is 263 g/mol. The van der Waals surface area contributed by atoms with Gasteiger partial charge in [-0.2, -0.15) is 0 Å². The predicted molar refractivity (Wildman–Crippen MR) is 79.0 cm³/mol. The number of nitrogens with one attached hydrogen (secondary N) is 1. The molecule has 0 atom stereocenters. The summed E-state index contributed by atoms with van der Waals surface area (Å²) < 4.78 is 5.40. The fraction of sp³-hybridized carbons (Fsp3) is 0.625. The molecule has 1 aromatic rings. The lowest BCUT2D eigenvalue weighted by molar-refractivity contribution is 0.126. The largest absolute Gasteiger partial charge is 0.496 e. The van der Waals surface area contributed by atoms with Gasteiger partial charge in [-0.05, 0) is 55.4 Å². The number of ether oxygens (including phenoxy) is 1. The Bertz CT molecular complexity index is 409. The van der Waals surface area contributed by atoms with Crippen LogP contribution in [0.25, 0.3) is 0 Å². The third-order valence-electron chi connectivity index (χ3n) is 3.92. The SMILES string of the molecule is COc1ccc(NC2CCC(O)CC2)cc1C(C)C. The van der Waals surface area contributed by atoms with Gasteiger partial charge in [-0.1, -0.05) is 13.8 Å². The minimum atomic E-state index is -0.0971. The number of rotatable bonds is 4. The summed E-state index contributed by atoms with van der Waals surface area (Å²) in [6.07, 6.45) is 3.81. The molecule has 1 aliphatic carbocycles. The van der Waals surface area contributed by atoms with Gasteiger partial charge in [0, 0.05) is 11.7 Å². The molecule has 1 aliphatic rings. The lowest BCUT2D eigenvalue weighted by Crippen LogP contribution is -2.28. The number of anilines is 1. The second kappa shape index (κ2) is 6.29. The number of hydrogen-bond acceptors (Lipinski definition) is 3. The summed E-state index contributed by atoms with van der Waals surface area (Å²) in [5.41, 5.74) is 2.40. The highest BCUT2D eigenvalue weighted by molar-refractivity contribution is 5.52. The Balaban J connectivity index is 2.06. The first-order valence-electron chi connectivity index (χ1n) is 7.22. The van der Waals surface area contributed by atoms with Crippen molar-refractivity contribution in [3.05, 3.63) is 23.8 Å². The first-order chi connectivity index (χ1) is 9.10. The molecule has 0 saturated heterocycles. The molecule has 0 spiro atoms. The van der Waals surface area contributed by atoms with E-state index in [1.54, 1.807) is 7.11 Å². The van der Waals surface area contributed by atoms with E-state index in [0.717, 1.165) is 37.1 Å². The number of methoxy groups -OCH3 is 1. The zero-order valence-electron chi connectivity index (χ0n) is 12.1. The molecular weight excluding hydrogens is 238 g/mol. The van der Waals surface area contributed by atoms with Crippen LogP contribution < -0.4 is 10.1 Å². The maximum Gasteiger partial charge on any atom is 0.122 e. The van der Waals surface area contributed by atoms with E-state index in [9.17, 15) is 5.11 Å². The highest BCUT2D eigenvalue weighted by Crippen LogP contribution is 2.30. The van der Waals surface area contributed by atoms with E-state index in [0.29, 0.717) is 12.0 Å². The van der Waals surface area contributed by atoms with Crippen LogP contribution in [0.4, 0.5) is 5.69 Å². The van der Waals surface area contributed by atoms with Crippen molar-refractivity contribution in [3.63, 3.8) is 0 Å². The second-order valence-corrected chi connectivity index (χ2v) is 5.76. The van der Waals surface area contributed by atoms with E-state index >= 15 is 0 Å². The molecule has 2 rings (SSSR count). The van der Waals surface area contributed by atoms with E-state index in [2.05, 4.69) is 31.3 Å². The van der Waals surface area contributed by atoms with E-state index < -0.39 is 0 Å². The quantitative estimate of drug-likeness (QED) is 0.873. The van der Waals surface area contributed by atoms with Crippen molar-refractivity contribution in [2.75, 3.05) is 12.4 Å². The van der Waals surface area contributed by atoms with Crippen LogP contribution in [-0.4, -0.2) is 24.4 Å². The molecule has 106 valence electrons. The first kappa shape index (κ1) is 14.2. The number of aliphatic hydroxyl groups excluding tert-OH is 1. The molecular formula is C16H25NO2. The summed E-state index contributed by atoms with van der Waals surface area (Å²) in [5, 5.41) is 13.1. The number of benzene rings is 1. The van der Waals surface area contributed by atoms with Gasteiger partial charge in [-0.15, -0.1) is 0 Å². The molecule has 1 fully saturated rings. The van der Waals surface area contributed by atoms with Crippen LogP contribution in [0.1, 0.15) is 51.0 Å². The molecule has 0 heterocycles. The topological polar surface area (TPSA) is 41.5 Å². The smallest absolute Gasteiger partial charge is 0.122 e. The van der Waals surface area contributed by atoms with E-state index in [4.69, 9.17) is 4.74 Å². The van der Waals surface area contributed by atoms with Crippen LogP contribution in [0.5, 0.6) is 5.75 Å². The van der Waals surface area contributed by atoms with Gasteiger partial charge in [-0.25, -0.2) is 0 Å². The van der Waals surface area contributed by atoms with E-state index in [1.165, 1.54) is 5.56 Å². The minimum absolute atomic E-state index is 0.0971. The summed E-state index contributed by atoms with van der Waals surface area (Å²) in [6.45, 7) is 4.36. The lowest BCUT2D eigenvalue weighted by atomic mass is 9.92. The molecule has 19 heavy (non-hydrogen) atoms. The summed E-state index contributed by atoms with van der Waals surface area (Å²) in [7, 11) is 1.72. The van der Waals surface area contributed by atoms with Crippen molar-refractivity contribution in [2.45, 2.75) is 57.6 Å². The second-order valence-electron chi connectivity index (χ2n) is 5.76.